The molecule has 1 aliphatic rings. The van der Waals surface area contributed by atoms with Crippen LogP contribution in [-0.4, -0.2) is 23.7 Å². The molecule has 0 radical (unpaired) electrons. The number of halogens is 2. The number of rotatable bonds is 5. The minimum absolute atomic E-state index is 0.0915. The van der Waals surface area contributed by atoms with Gasteiger partial charge in [0.1, 0.15) is 10.8 Å². The highest BCUT2D eigenvalue weighted by Crippen LogP contribution is 2.42. The van der Waals surface area contributed by atoms with Gasteiger partial charge in [-0.1, -0.05) is 30.1 Å². The Morgan fingerprint density at radius 1 is 1.38 bits per heavy atom. The number of hydrogen-bond donors (Lipinski definition) is 1. The minimum atomic E-state index is -1.12. The van der Waals surface area contributed by atoms with Gasteiger partial charge < -0.3 is 14.6 Å². The molecule has 0 saturated heterocycles. The molecule has 1 N–H and O–H groups in total. The van der Waals surface area contributed by atoms with Gasteiger partial charge in [0.25, 0.3) is 0 Å². The molecule has 112 valence electrons. The highest BCUT2D eigenvalue weighted by Gasteiger charge is 2.29. The van der Waals surface area contributed by atoms with Crippen LogP contribution in [0, 0.1) is 0 Å². The molecule has 0 saturated carbocycles. The first-order chi connectivity index (χ1) is 9.93. The van der Waals surface area contributed by atoms with E-state index in [1.54, 1.807) is 6.07 Å². The third-order valence-electron chi connectivity index (χ3n) is 2.99. The van der Waals surface area contributed by atoms with E-state index in [0.717, 1.165) is 5.57 Å². The Kier molecular flexibility index (Phi) is 4.75. The number of carbonyl (C=O) groups is 2. The maximum atomic E-state index is 11.4. The molecular weight excluding hydrogens is 319 g/mol. The van der Waals surface area contributed by atoms with Gasteiger partial charge in [-0.25, -0.2) is 9.59 Å². The van der Waals surface area contributed by atoms with Crippen molar-refractivity contribution in [1.29, 1.82) is 0 Å². The Hall–Kier alpha value is -1.72. The summed E-state index contributed by atoms with van der Waals surface area (Å²) in [6.45, 7) is 1.38. The van der Waals surface area contributed by atoms with E-state index in [2.05, 4.69) is 0 Å². The van der Waals surface area contributed by atoms with E-state index in [-0.39, 0.29) is 15.8 Å². The van der Waals surface area contributed by atoms with Crippen LogP contribution < -0.4 is 4.74 Å². The summed E-state index contributed by atoms with van der Waals surface area (Å²) in [6.07, 6.45) is 1.51. The van der Waals surface area contributed by atoms with Gasteiger partial charge in [0.2, 0.25) is 0 Å². The van der Waals surface area contributed by atoms with Crippen molar-refractivity contribution in [2.75, 3.05) is 6.61 Å². The molecule has 1 heterocycles. The van der Waals surface area contributed by atoms with Gasteiger partial charge >= 0.3 is 11.9 Å². The lowest BCUT2D eigenvalue weighted by molar-refractivity contribution is -0.140. The van der Waals surface area contributed by atoms with E-state index in [4.69, 9.17) is 37.8 Å². The van der Waals surface area contributed by atoms with Crippen LogP contribution in [0.25, 0.3) is 0 Å². The number of cyclic esters (lactones) is 1. The van der Waals surface area contributed by atoms with Crippen LogP contribution in [0.1, 0.15) is 25.0 Å². The second-order valence-electron chi connectivity index (χ2n) is 4.35. The van der Waals surface area contributed by atoms with Crippen molar-refractivity contribution < 1.29 is 24.2 Å². The summed E-state index contributed by atoms with van der Waals surface area (Å²) >= 11 is 12.3. The zero-order valence-corrected chi connectivity index (χ0v) is 12.6. The van der Waals surface area contributed by atoms with Crippen molar-refractivity contribution in [2.45, 2.75) is 19.4 Å². The quantitative estimate of drug-likeness (QED) is 0.837. The van der Waals surface area contributed by atoms with Gasteiger partial charge in [0, 0.05) is 11.6 Å². The number of hydrogen-bond acceptors (Lipinski definition) is 4. The van der Waals surface area contributed by atoms with E-state index in [9.17, 15) is 9.59 Å². The Morgan fingerprint density at radius 2 is 2.10 bits per heavy atom. The number of aliphatic carboxylic acids is 1. The Balaban J connectivity index is 2.31. The predicted molar refractivity (Wildman–Crippen MR) is 76.8 cm³/mol. The van der Waals surface area contributed by atoms with Crippen LogP contribution in [0.4, 0.5) is 0 Å². The van der Waals surface area contributed by atoms with Gasteiger partial charge in [-0.15, -0.1) is 0 Å². The fourth-order valence-electron chi connectivity index (χ4n) is 2.00. The average Bonchev–Trinajstić information content (AvgIpc) is 2.81. The lowest BCUT2D eigenvalue weighted by Crippen LogP contribution is -2.10. The van der Waals surface area contributed by atoms with Crippen molar-refractivity contribution in [2.24, 2.45) is 0 Å². The molecule has 0 spiro atoms. The topological polar surface area (TPSA) is 72.8 Å². The summed E-state index contributed by atoms with van der Waals surface area (Å²) in [4.78, 5) is 21.9. The van der Waals surface area contributed by atoms with Gasteiger partial charge in [0.05, 0.1) is 5.02 Å². The second-order valence-corrected chi connectivity index (χ2v) is 5.11. The summed E-state index contributed by atoms with van der Waals surface area (Å²) in [6, 6.07) is 3.12. The number of carboxylic acid groups (broad SMARTS) is 1. The number of carboxylic acids is 1. The van der Waals surface area contributed by atoms with E-state index >= 15 is 0 Å². The molecule has 1 atom stereocenters. The lowest BCUT2D eigenvalue weighted by Gasteiger charge is -2.17. The number of carbonyl (C=O) groups excluding carboxylic acids is 1. The molecule has 7 heteroatoms. The van der Waals surface area contributed by atoms with Crippen LogP contribution in [0.5, 0.6) is 5.75 Å². The number of ether oxygens (including phenoxy) is 2. The van der Waals surface area contributed by atoms with Gasteiger partial charge in [-0.05, 0) is 24.1 Å². The first-order valence-corrected chi connectivity index (χ1v) is 6.93. The van der Waals surface area contributed by atoms with Crippen molar-refractivity contribution in [3.8, 4) is 5.75 Å². The van der Waals surface area contributed by atoms with Crippen molar-refractivity contribution in [1.82, 2.24) is 0 Å². The zero-order valence-electron chi connectivity index (χ0n) is 11.1. The largest absolute Gasteiger partial charge is 0.480 e. The number of benzene rings is 1. The summed E-state index contributed by atoms with van der Waals surface area (Å²) < 4.78 is 10.2. The summed E-state index contributed by atoms with van der Waals surface area (Å²) in [5.74, 6) is -1.37. The highest BCUT2D eigenvalue weighted by atomic mass is 35.5. The van der Waals surface area contributed by atoms with E-state index in [0.29, 0.717) is 12.0 Å². The fraction of sp³-hybridized carbons (Fsp3) is 0.286. The molecule has 2 rings (SSSR count). The highest BCUT2D eigenvalue weighted by molar-refractivity contribution is 6.43. The minimum Gasteiger partial charge on any atom is -0.480 e. The Labute approximate surface area is 131 Å². The van der Waals surface area contributed by atoms with Crippen LogP contribution in [0.2, 0.25) is 10.0 Å². The summed E-state index contributed by atoms with van der Waals surface area (Å²) in [5, 5.41) is 8.86. The van der Waals surface area contributed by atoms with E-state index in [1.807, 2.05) is 6.92 Å². The Morgan fingerprint density at radius 3 is 2.71 bits per heavy atom. The molecule has 5 nitrogen and oxygen atoms in total. The maximum Gasteiger partial charge on any atom is 0.341 e. The molecule has 1 aliphatic heterocycles. The lowest BCUT2D eigenvalue weighted by atomic mass is 10.0. The Bertz CT molecular complexity index is 624. The molecule has 0 aromatic heterocycles. The van der Waals surface area contributed by atoms with Crippen molar-refractivity contribution in [3.63, 3.8) is 0 Å². The third kappa shape index (κ3) is 3.31. The van der Waals surface area contributed by atoms with Crippen LogP contribution in [-0.2, 0) is 14.3 Å². The molecule has 0 bridgehead atoms. The van der Waals surface area contributed by atoms with Crippen LogP contribution in [0.15, 0.2) is 23.8 Å². The number of esters is 1. The van der Waals surface area contributed by atoms with Crippen LogP contribution >= 0.6 is 23.2 Å². The predicted octanol–water partition coefficient (Wildman–Crippen LogP) is 3.39. The average molecular weight is 331 g/mol. The van der Waals surface area contributed by atoms with Gasteiger partial charge in [-0.2, -0.15) is 0 Å². The molecule has 0 fully saturated rings. The fourth-order valence-corrected chi connectivity index (χ4v) is 2.49. The van der Waals surface area contributed by atoms with Crippen LogP contribution in [0.3, 0.4) is 0 Å². The van der Waals surface area contributed by atoms with Crippen molar-refractivity contribution in [3.05, 3.63) is 39.4 Å². The zero-order chi connectivity index (χ0) is 15.6. The summed E-state index contributed by atoms with van der Waals surface area (Å²) in [5.41, 5.74) is 1.35. The summed E-state index contributed by atoms with van der Waals surface area (Å²) in [7, 11) is 0. The monoisotopic (exact) mass is 330 g/mol. The van der Waals surface area contributed by atoms with E-state index in [1.165, 1.54) is 12.1 Å². The van der Waals surface area contributed by atoms with E-state index < -0.39 is 24.6 Å². The first-order valence-electron chi connectivity index (χ1n) is 6.17. The molecule has 1 unspecified atom stereocenters. The van der Waals surface area contributed by atoms with Crippen molar-refractivity contribution >= 4 is 35.1 Å². The molecule has 0 aliphatic carbocycles. The first kappa shape index (κ1) is 15.7. The standard InChI is InChI=1S/C14H12Cl2O5/c1-2-7-5-11(19)21-14(7)8-3-4-9(13(16)12(8)15)20-6-10(17)18/h3-5,14H,2,6H2,1H3,(H,17,18). The second kappa shape index (κ2) is 6.37. The smallest absolute Gasteiger partial charge is 0.341 e. The van der Waals surface area contributed by atoms with Gasteiger partial charge in [-0.3, -0.25) is 0 Å². The molecule has 21 heavy (non-hydrogen) atoms. The maximum absolute atomic E-state index is 11.4. The SMILES string of the molecule is CCC1=CC(=O)OC1c1ccc(OCC(=O)O)c(Cl)c1Cl. The normalized spacial score (nSPS) is 17.4. The molecule has 1 aromatic carbocycles. The molecule has 0 amide bonds. The molecular formula is C14H12Cl2O5. The third-order valence-corrected chi connectivity index (χ3v) is 3.87. The molecule has 1 aromatic rings. The van der Waals surface area contributed by atoms with Gasteiger partial charge in [0.15, 0.2) is 12.7 Å².